The molecule has 7 nitrogen and oxygen atoms in total. The predicted octanol–water partition coefficient (Wildman–Crippen LogP) is -0.497. The van der Waals surface area contributed by atoms with Gasteiger partial charge in [0.1, 0.15) is 0 Å². The number of nitrogens with zero attached hydrogens (tertiary/aromatic N) is 4. The summed E-state index contributed by atoms with van der Waals surface area (Å²) in [5.41, 5.74) is 0. The highest BCUT2D eigenvalue weighted by atomic mass is 16.4. The Morgan fingerprint density at radius 1 is 1.69 bits per heavy atom. The molecule has 0 aliphatic rings. The molecule has 0 spiro atoms. The van der Waals surface area contributed by atoms with Gasteiger partial charge in [0.2, 0.25) is 0 Å². The molecule has 13 heavy (non-hydrogen) atoms. The van der Waals surface area contributed by atoms with Gasteiger partial charge < -0.3 is 10.4 Å². The third-order valence-electron chi connectivity index (χ3n) is 1.40. The van der Waals surface area contributed by atoms with Crippen molar-refractivity contribution in [3.63, 3.8) is 0 Å². The summed E-state index contributed by atoms with van der Waals surface area (Å²) >= 11 is 0. The summed E-state index contributed by atoms with van der Waals surface area (Å²) in [5, 5.41) is 21.9. The summed E-state index contributed by atoms with van der Waals surface area (Å²) in [6.45, 7) is 2.62. The lowest BCUT2D eigenvalue weighted by Gasteiger charge is -1.97. The van der Waals surface area contributed by atoms with E-state index >= 15 is 0 Å². The Morgan fingerprint density at radius 3 is 3.00 bits per heavy atom. The minimum Gasteiger partial charge on any atom is -0.465 e. The van der Waals surface area contributed by atoms with E-state index in [-0.39, 0.29) is 6.54 Å². The highest BCUT2D eigenvalue weighted by Crippen LogP contribution is 1.85. The van der Waals surface area contributed by atoms with E-state index in [2.05, 4.69) is 20.7 Å². The molecule has 0 bridgehead atoms. The van der Waals surface area contributed by atoms with Crippen LogP contribution in [-0.2, 0) is 13.0 Å². The molecule has 1 aromatic heterocycles. The Bertz CT molecular complexity index is 284. The van der Waals surface area contributed by atoms with Crippen LogP contribution in [0.2, 0.25) is 0 Å². The molecule has 1 amide bonds. The number of hydrogen-bond donors (Lipinski definition) is 2. The van der Waals surface area contributed by atoms with Crippen molar-refractivity contribution in [3.05, 3.63) is 5.82 Å². The first kappa shape index (κ1) is 9.43. The van der Waals surface area contributed by atoms with Crippen LogP contribution in [0.25, 0.3) is 0 Å². The lowest BCUT2D eigenvalue weighted by Crippen LogP contribution is -2.26. The highest BCUT2D eigenvalue weighted by molar-refractivity contribution is 5.64. The van der Waals surface area contributed by atoms with E-state index in [4.69, 9.17) is 5.11 Å². The number of carboxylic acid groups (broad SMARTS) is 1. The first-order chi connectivity index (χ1) is 6.22. The highest BCUT2D eigenvalue weighted by Gasteiger charge is 1.99. The lowest BCUT2D eigenvalue weighted by molar-refractivity contribution is 0.193. The van der Waals surface area contributed by atoms with Crippen LogP contribution in [0.5, 0.6) is 0 Å². The fraction of sp³-hybridized carbons (Fsp3) is 0.667. The average Bonchev–Trinajstić information content (AvgIpc) is 2.52. The number of amides is 1. The summed E-state index contributed by atoms with van der Waals surface area (Å²) in [6.07, 6.45) is -0.317. The molecule has 1 heterocycles. The van der Waals surface area contributed by atoms with Crippen molar-refractivity contribution in [2.45, 2.75) is 19.9 Å². The first-order valence-electron chi connectivity index (χ1n) is 3.96. The van der Waals surface area contributed by atoms with Gasteiger partial charge in [-0.15, -0.1) is 10.2 Å². The van der Waals surface area contributed by atoms with Gasteiger partial charge in [0.25, 0.3) is 0 Å². The maximum atomic E-state index is 10.1. The van der Waals surface area contributed by atoms with Gasteiger partial charge in [-0.1, -0.05) is 6.92 Å². The fourth-order valence-corrected chi connectivity index (χ4v) is 0.775. The van der Waals surface area contributed by atoms with Crippen LogP contribution in [0.3, 0.4) is 0 Å². The maximum absolute atomic E-state index is 10.1. The Morgan fingerprint density at radius 2 is 2.46 bits per heavy atom. The van der Waals surface area contributed by atoms with Crippen LogP contribution >= 0.6 is 0 Å². The van der Waals surface area contributed by atoms with Crippen molar-refractivity contribution in [2.75, 3.05) is 6.54 Å². The standard InChI is InChI=1S/C6H11N5O2/c1-2-5-8-10-11(9-5)4-3-7-6(12)13/h7H,2-4H2,1H3,(H,12,13). The minimum atomic E-state index is -1.05. The van der Waals surface area contributed by atoms with Gasteiger partial charge in [-0.05, 0) is 5.21 Å². The van der Waals surface area contributed by atoms with E-state index in [1.807, 2.05) is 6.92 Å². The average molecular weight is 185 g/mol. The van der Waals surface area contributed by atoms with Gasteiger partial charge in [0.05, 0.1) is 6.54 Å². The van der Waals surface area contributed by atoms with Gasteiger partial charge in [-0.25, -0.2) is 4.79 Å². The smallest absolute Gasteiger partial charge is 0.404 e. The summed E-state index contributed by atoms with van der Waals surface area (Å²) in [7, 11) is 0. The van der Waals surface area contributed by atoms with E-state index in [1.54, 1.807) is 0 Å². The monoisotopic (exact) mass is 185 g/mol. The van der Waals surface area contributed by atoms with E-state index in [0.29, 0.717) is 12.4 Å². The van der Waals surface area contributed by atoms with Gasteiger partial charge in [-0.3, -0.25) is 0 Å². The number of aryl methyl sites for hydroxylation is 1. The molecule has 1 aromatic rings. The summed E-state index contributed by atoms with van der Waals surface area (Å²) in [4.78, 5) is 11.4. The van der Waals surface area contributed by atoms with Gasteiger partial charge in [0, 0.05) is 13.0 Å². The number of tetrazole rings is 1. The molecule has 1 rings (SSSR count). The van der Waals surface area contributed by atoms with Crippen molar-refractivity contribution in [3.8, 4) is 0 Å². The Labute approximate surface area is 74.7 Å². The molecular formula is C6H11N5O2. The second-order valence-corrected chi connectivity index (χ2v) is 2.39. The normalized spacial score (nSPS) is 9.92. The van der Waals surface area contributed by atoms with Gasteiger partial charge in [0.15, 0.2) is 5.82 Å². The Hall–Kier alpha value is -1.66. The van der Waals surface area contributed by atoms with Crippen molar-refractivity contribution in [1.82, 2.24) is 25.5 Å². The molecular weight excluding hydrogens is 174 g/mol. The topological polar surface area (TPSA) is 92.9 Å². The lowest BCUT2D eigenvalue weighted by atomic mass is 10.5. The zero-order valence-electron chi connectivity index (χ0n) is 7.27. The molecule has 0 atom stereocenters. The van der Waals surface area contributed by atoms with E-state index < -0.39 is 6.09 Å². The molecule has 0 aliphatic heterocycles. The maximum Gasteiger partial charge on any atom is 0.404 e. The third kappa shape index (κ3) is 3.06. The van der Waals surface area contributed by atoms with Crippen molar-refractivity contribution in [1.29, 1.82) is 0 Å². The quantitative estimate of drug-likeness (QED) is 0.659. The van der Waals surface area contributed by atoms with Crippen LogP contribution in [0.4, 0.5) is 4.79 Å². The fourth-order valence-electron chi connectivity index (χ4n) is 0.775. The molecule has 0 aliphatic carbocycles. The number of carbonyl (C=O) groups is 1. The van der Waals surface area contributed by atoms with E-state index in [1.165, 1.54) is 4.80 Å². The molecule has 0 fully saturated rings. The number of rotatable bonds is 4. The zero-order valence-corrected chi connectivity index (χ0v) is 7.27. The molecule has 0 saturated carbocycles. The number of aromatic nitrogens is 4. The van der Waals surface area contributed by atoms with Crippen LogP contribution in [-0.4, -0.2) is 38.0 Å². The number of hydrogen-bond acceptors (Lipinski definition) is 4. The second kappa shape index (κ2) is 4.39. The van der Waals surface area contributed by atoms with Crippen LogP contribution < -0.4 is 5.32 Å². The molecule has 0 aromatic carbocycles. The third-order valence-corrected chi connectivity index (χ3v) is 1.40. The predicted molar refractivity (Wildman–Crippen MR) is 43.2 cm³/mol. The van der Waals surface area contributed by atoms with Crippen LogP contribution in [0.15, 0.2) is 0 Å². The summed E-state index contributed by atoms with van der Waals surface area (Å²) in [6, 6.07) is 0. The van der Waals surface area contributed by atoms with Crippen molar-refractivity contribution in [2.24, 2.45) is 0 Å². The Balaban J connectivity index is 2.32. The molecule has 0 unspecified atom stereocenters. The number of nitrogens with one attached hydrogen (secondary N) is 1. The van der Waals surface area contributed by atoms with Crippen molar-refractivity contribution >= 4 is 6.09 Å². The molecule has 2 N–H and O–H groups in total. The van der Waals surface area contributed by atoms with Gasteiger partial charge in [-0.2, -0.15) is 4.80 Å². The molecule has 72 valence electrons. The second-order valence-electron chi connectivity index (χ2n) is 2.39. The van der Waals surface area contributed by atoms with Crippen LogP contribution in [0.1, 0.15) is 12.7 Å². The zero-order chi connectivity index (χ0) is 9.68. The summed E-state index contributed by atoms with van der Waals surface area (Å²) in [5.74, 6) is 0.662. The first-order valence-corrected chi connectivity index (χ1v) is 3.96. The molecule has 7 heteroatoms. The van der Waals surface area contributed by atoms with E-state index in [9.17, 15) is 4.79 Å². The van der Waals surface area contributed by atoms with Crippen molar-refractivity contribution < 1.29 is 9.90 Å². The molecule has 0 radical (unpaired) electrons. The SMILES string of the molecule is CCc1nnn(CCNC(=O)O)n1. The van der Waals surface area contributed by atoms with Crippen LogP contribution in [0, 0.1) is 0 Å². The largest absolute Gasteiger partial charge is 0.465 e. The minimum absolute atomic E-state index is 0.287. The molecule has 0 saturated heterocycles. The Kier molecular flexibility index (Phi) is 3.18. The van der Waals surface area contributed by atoms with E-state index in [0.717, 1.165) is 6.42 Å². The van der Waals surface area contributed by atoms with Gasteiger partial charge >= 0.3 is 6.09 Å². The summed E-state index contributed by atoms with van der Waals surface area (Å²) < 4.78 is 0.